The van der Waals surface area contributed by atoms with Crippen LogP contribution in [-0.4, -0.2) is 54.2 Å². The van der Waals surface area contributed by atoms with Crippen molar-refractivity contribution < 1.29 is 13.2 Å². The Balaban J connectivity index is 1.74. The summed E-state index contributed by atoms with van der Waals surface area (Å²) in [5, 5.41) is 0. The van der Waals surface area contributed by atoms with Crippen molar-refractivity contribution in [3.63, 3.8) is 0 Å². The number of carbonyl (C=O) groups excluding carboxylic acids is 1. The van der Waals surface area contributed by atoms with Crippen molar-refractivity contribution in [1.29, 1.82) is 0 Å². The highest BCUT2D eigenvalue weighted by atomic mass is 32.2. The third kappa shape index (κ3) is 3.84. The minimum Gasteiger partial charge on any atom is -0.333 e. The van der Waals surface area contributed by atoms with Crippen LogP contribution in [-0.2, 0) is 10.0 Å². The molecule has 3 rings (SSSR count). The molecule has 0 unspecified atom stereocenters. The second-order valence-corrected chi connectivity index (χ2v) is 8.44. The first-order valence-electron chi connectivity index (χ1n) is 8.54. The van der Waals surface area contributed by atoms with E-state index in [1.807, 2.05) is 13.8 Å². The molecule has 7 nitrogen and oxygen atoms in total. The number of rotatable bonds is 3. The Morgan fingerprint density at radius 3 is 2.44 bits per heavy atom. The molecule has 1 aliphatic rings. The summed E-state index contributed by atoms with van der Waals surface area (Å²) in [6.07, 6.45) is 1.55. The fraction of sp³-hybridized carbons (Fsp3) is 0.316. The molecule has 140 valence electrons. The summed E-state index contributed by atoms with van der Waals surface area (Å²) < 4.78 is 27.1. The number of aryl methyl sites for hydroxylation is 1. The minimum absolute atomic E-state index is 0.145. The number of sulfonamides is 1. The van der Waals surface area contributed by atoms with Crippen LogP contribution in [0.5, 0.6) is 0 Å². The van der Waals surface area contributed by atoms with Crippen LogP contribution in [0, 0.1) is 13.5 Å². The molecule has 1 aromatic heterocycles. The fourth-order valence-electron chi connectivity index (χ4n) is 3.05. The lowest BCUT2D eigenvalue weighted by Crippen LogP contribution is -2.55. The van der Waals surface area contributed by atoms with Crippen LogP contribution in [0.4, 0.5) is 5.69 Å². The average Bonchev–Trinajstić information content (AvgIpc) is 2.68. The van der Waals surface area contributed by atoms with Crippen molar-refractivity contribution >= 4 is 21.6 Å². The molecule has 2 aromatic rings. The standard InChI is InChI=1S/C19H20N4O3S/c1-14-4-5-16(12-21-14)19(24)23-11-10-22(13-15(23)2)27(25,26)18-8-6-17(20-3)7-9-18/h4-9,12,15H,10-11,13H2,1-2H3/t15-/m0/s1. The molecule has 0 radical (unpaired) electrons. The van der Waals surface area contributed by atoms with E-state index in [0.717, 1.165) is 5.69 Å². The Hall–Kier alpha value is -2.76. The molecular formula is C19H20N4O3S. The zero-order valence-corrected chi connectivity index (χ0v) is 16.0. The highest BCUT2D eigenvalue weighted by molar-refractivity contribution is 7.89. The predicted molar refractivity (Wildman–Crippen MR) is 101 cm³/mol. The molecule has 1 fully saturated rings. The number of hydrogen-bond acceptors (Lipinski definition) is 4. The lowest BCUT2D eigenvalue weighted by Gasteiger charge is -2.39. The molecule has 27 heavy (non-hydrogen) atoms. The number of benzene rings is 1. The normalized spacial score (nSPS) is 18.1. The van der Waals surface area contributed by atoms with Gasteiger partial charge in [-0.05, 0) is 26.0 Å². The molecule has 0 saturated carbocycles. The molecule has 1 saturated heterocycles. The van der Waals surface area contributed by atoms with Crippen LogP contribution in [0.25, 0.3) is 4.85 Å². The number of piperazine rings is 1. The van der Waals surface area contributed by atoms with E-state index < -0.39 is 10.0 Å². The first-order chi connectivity index (χ1) is 12.8. The number of hydrogen-bond donors (Lipinski definition) is 0. The number of nitrogens with zero attached hydrogens (tertiary/aromatic N) is 4. The Labute approximate surface area is 159 Å². The maximum atomic E-state index is 12.9. The lowest BCUT2D eigenvalue weighted by molar-refractivity contribution is 0.0591. The van der Waals surface area contributed by atoms with Gasteiger partial charge in [-0.15, -0.1) is 0 Å². The summed E-state index contributed by atoms with van der Waals surface area (Å²) in [5.74, 6) is -0.145. The van der Waals surface area contributed by atoms with Gasteiger partial charge in [0.15, 0.2) is 5.69 Å². The molecule has 1 amide bonds. The zero-order valence-electron chi connectivity index (χ0n) is 15.2. The highest BCUT2D eigenvalue weighted by Gasteiger charge is 2.34. The first kappa shape index (κ1) is 19.0. The van der Waals surface area contributed by atoms with Gasteiger partial charge < -0.3 is 4.90 Å². The van der Waals surface area contributed by atoms with Gasteiger partial charge in [0.1, 0.15) is 0 Å². The van der Waals surface area contributed by atoms with Crippen LogP contribution >= 0.6 is 0 Å². The molecule has 0 aliphatic carbocycles. The van der Waals surface area contributed by atoms with Crippen LogP contribution in [0.2, 0.25) is 0 Å². The first-order valence-corrected chi connectivity index (χ1v) is 9.98. The third-order valence-corrected chi connectivity index (χ3v) is 6.49. The lowest BCUT2D eigenvalue weighted by atomic mass is 10.1. The van der Waals surface area contributed by atoms with Gasteiger partial charge in [0.2, 0.25) is 10.0 Å². The molecule has 1 aliphatic heterocycles. The molecular weight excluding hydrogens is 364 g/mol. The third-order valence-electron chi connectivity index (χ3n) is 4.61. The van der Waals surface area contributed by atoms with E-state index in [-0.39, 0.29) is 29.9 Å². The zero-order chi connectivity index (χ0) is 19.6. The van der Waals surface area contributed by atoms with Crippen molar-refractivity contribution in [2.75, 3.05) is 19.6 Å². The van der Waals surface area contributed by atoms with Gasteiger partial charge in [-0.1, -0.05) is 24.3 Å². The smallest absolute Gasteiger partial charge is 0.255 e. The van der Waals surface area contributed by atoms with Crippen molar-refractivity contribution in [2.24, 2.45) is 0 Å². The van der Waals surface area contributed by atoms with Crippen molar-refractivity contribution in [3.05, 3.63) is 65.3 Å². The van der Waals surface area contributed by atoms with E-state index in [2.05, 4.69) is 9.83 Å². The molecule has 1 aromatic carbocycles. The summed E-state index contributed by atoms with van der Waals surface area (Å²) in [4.78, 5) is 22.0. The second kappa shape index (κ2) is 7.47. The quantitative estimate of drug-likeness (QED) is 0.762. The summed E-state index contributed by atoms with van der Waals surface area (Å²) >= 11 is 0. The van der Waals surface area contributed by atoms with Crippen LogP contribution in [0.3, 0.4) is 0 Å². The van der Waals surface area contributed by atoms with Crippen molar-refractivity contribution in [2.45, 2.75) is 24.8 Å². The Morgan fingerprint density at radius 1 is 1.19 bits per heavy atom. The maximum Gasteiger partial charge on any atom is 0.255 e. The fourth-order valence-corrected chi connectivity index (χ4v) is 4.56. The Kier molecular flexibility index (Phi) is 5.26. The van der Waals surface area contributed by atoms with E-state index in [1.54, 1.807) is 23.2 Å². The number of pyridine rings is 1. The predicted octanol–water partition coefficient (Wildman–Crippen LogP) is 2.48. The largest absolute Gasteiger partial charge is 0.333 e. The monoisotopic (exact) mass is 384 g/mol. The minimum atomic E-state index is -3.66. The van der Waals surface area contributed by atoms with Gasteiger partial charge in [-0.2, -0.15) is 4.31 Å². The van der Waals surface area contributed by atoms with Gasteiger partial charge in [-0.3, -0.25) is 9.78 Å². The number of aromatic nitrogens is 1. The summed E-state index contributed by atoms with van der Waals surface area (Å²) in [7, 11) is -3.66. The average molecular weight is 384 g/mol. The second-order valence-electron chi connectivity index (χ2n) is 6.50. The van der Waals surface area contributed by atoms with E-state index >= 15 is 0 Å². The summed E-state index contributed by atoms with van der Waals surface area (Å²) in [5.41, 5.74) is 1.72. The Morgan fingerprint density at radius 2 is 1.89 bits per heavy atom. The van der Waals surface area contributed by atoms with Crippen LogP contribution in [0.1, 0.15) is 23.0 Å². The molecule has 8 heteroatoms. The number of amides is 1. The van der Waals surface area contributed by atoms with Gasteiger partial charge in [0.25, 0.3) is 5.91 Å². The molecule has 0 N–H and O–H groups in total. The Bertz CT molecular complexity index is 979. The van der Waals surface area contributed by atoms with Crippen LogP contribution < -0.4 is 0 Å². The summed E-state index contributed by atoms with van der Waals surface area (Å²) in [6.45, 7) is 11.4. The summed E-state index contributed by atoms with van der Waals surface area (Å²) in [6, 6.07) is 9.14. The topological polar surface area (TPSA) is 74.9 Å². The maximum absolute atomic E-state index is 12.9. The van der Waals surface area contributed by atoms with Gasteiger partial charge in [0.05, 0.1) is 17.0 Å². The van der Waals surface area contributed by atoms with E-state index in [0.29, 0.717) is 17.8 Å². The van der Waals surface area contributed by atoms with Crippen molar-refractivity contribution in [3.8, 4) is 0 Å². The van der Waals surface area contributed by atoms with E-state index in [1.165, 1.54) is 28.6 Å². The van der Waals surface area contributed by atoms with Crippen molar-refractivity contribution in [1.82, 2.24) is 14.2 Å². The van der Waals surface area contributed by atoms with Gasteiger partial charge in [0, 0.05) is 37.6 Å². The molecule has 0 bridgehead atoms. The highest BCUT2D eigenvalue weighted by Crippen LogP contribution is 2.23. The van der Waals surface area contributed by atoms with Gasteiger partial charge >= 0.3 is 0 Å². The van der Waals surface area contributed by atoms with Gasteiger partial charge in [-0.25, -0.2) is 13.3 Å². The number of carbonyl (C=O) groups is 1. The van der Waals surface area contributed by atoms with E-state index in [9.17, 15) is 13.2 Å². The van der Waals surface area contributed by atoms with E-state index in [4.69, 9.17) is 6.57 Å². The molecule has 1 atom stereocenters. The van der Waals surface area contributed by atoms with Crippen LogP contribution in [0.15, 0.2) is 47.5 Å². The molecule has 2 heterocycles. The molecule has 0 spiro atoms. The SMILES string of the molecule is [C-]#[N+]c1ccc(S(=O)(=O)N2CCN(C(=O)c3ccc(C)nc3)[C@@H](C)C2)cc1.